The highest BCUT2D eigenvalue weighted by atomic mass is 16.5. The van der Waals surface area contributed by atoms with Crippen LogP contribution in [0.5, 0.6) is 0 Å². The van der Waals surface area contributed by atoms with Gasteiger partial charge in [-0.1, -0.05) is 6.92 Å². The molecule has 0 aromatic rings. The summed E-state index contributed by atoms with van der Waals surface area (Å²) in [5.74, 6) is 0.245. The molecule has 0 saturated carbocycles. The number of rotatable bonds is 5. The van der Waals surface area contributed by atoms with Crippen molar-refractivity contribution in [3.63, 3.8) is 0 Å². The number of aliphatic hydroxyl groups excluding tert-OH is 1. The summed E-state index contributed by atoms with van der Waals surface area (Å²) < 4.78 is 4.88. The highest BCUT2D eigenvalue weighted by molar-refractivity contribution is 4.87. The number of hydrogen-bond acceptors (Lipinski definition) is 4. The Morgan fingerprint density at radius 2 is 2.25 bits per heavy atom. The zero-order valence-electron chi connectivity index (χ0n) is 7.42. The van der Waals surface area contributed by atoms with Gasteiger partial charge in [0.2, 0.25) is 0 Å². The summed E-state index contributed by atoms with van der Waals surface area (Å²) in [6, 6.07) is 0. The van der Waals surface area contributed by atoms with Crippen LogP contribution < -0.4 is 5.32 Å². The summed E-state index contributed by atoms with van der Waals surface area (Å²) in [6.45, 7) is 4.27. The Morgan fingerprint density at radius 3 is 2.67 bits per heavy atom. The summed E-state index contributed by atoms with van der Waals surface area (Å²) in [6.07, 6.45) is 0. The van der Waals surface area contributed by atoms with E-state index >= 15 is 0 Å². The molecule has 1 saturated heterocycles. The summed E-state index contributed by atoms with van der Waals surface area (Å²) in [5, 5.41) is 21.3. The standard InChI is InChI=1S/C8H17NO3/c1-7(3-10)2-9-4-8(11)5-12-6-8/h7,9-11H,2-6H2,1H3. The van der Waals surface area contributed by atoms with Gasteiger partial charge in [-0.05, 0) is 12.5 Å². The molecule has 0 spiro atoms. The first-order valence-corrected chi connectivity index (χ1v) is 4.28. The Morgan fingerprint density at radius 1 is 1.58 bits per heavy atom. The molecule has 0 amide bonds. The lowest BCUT2D eigenvalue weighted by Crippen LogP contribution is -2.56. The first kappa shape index (κ1) is 9.92. The molecule has 1 aliphatic rings. The van der Waals surface area contributed by atoms with Crippen LogP contribution in [0.1, 0.15) is 6.92 Å². The van der Waals surface area contributed by atoms with Gasteiger partial charge in [-0.15, -0.1) is 0 Å². The average Bonchev–Trinajstić information content (AvgIpc) is 2.01. The third-order valence-corrected chi connectivity index (χ3v) is 2.00. The van der Waals surface area contributed by atoms with Crippen LogP contribution in [-0.2, 0) is 4.74 Å². The largest absolute Gasteiger partial charge is 0.396 e. The zero-order chi connectivity index (χ0) is 9.03. The second-order valence-corrected chi connectivity index (χ2v) is 3.64. The minimum atomic E-state index is -0.658. The Bertz CT molecular complexity index is 136. The Balaban J connectivity index is 2.01. The van der Waals surface area contributed by atoms with Crippen LogP contribution >= 0.6 is 0 Å². The molecule has 72 valence electrons. The topological polar surface area (TPSA) is 61.7 Å². The lowest BCUT2D eigenvalue weighted by atomic mass is 10.0. The maximum Gasteiger partial charge on any atom is 0.123 e. The van der Waals surface area contributed by atoms with Gasteiger partial charge in [-0.2, -0.15) is 0 Å². The van der Waals surface area contributed by atoms with E-state index in [1.54, 1.807) is 0 Å². The second kappa shape index (κ2) is 4.18. The molecular formula is C8H17NO3. The first-order valence-electron chi connectivity index (χ1n) is 4.28. The molecule has 0 radical (unpaired) electrons. The third kappa shape index (κ3) is 2.71. The molecule has 1 fully saturated rings. The van der Waals surface area contributed by atoms with Crippen molar-refractivity contribution in [2.75, 3.05) is 32.9 Å². The van der Waals surface area contributed by atoms with Crippen LogP contribution in [0, 0.1) is 5.92 Å². The van der Waals surface area contributed by atoms with Gasteiger partial charge in [0.25, 0.3) is 0 Å². The molecule has 1 aliphatic heterocycles. The highest BCUT2D eigenvalue weighted by Crippen LogP contribution is 2.14. The van der Waals surface area contributed by atoms with Crippen LogP contribution in [0.4, 0.5) is 0 Å². The van der Waals surface area contributed by atoms with Crippen molar-refractivity contribution < 1.29 is 14.9 Å². The molecule has 3 N–H and O–H groups in total. The van der Waals surface area contributed by atoms with Gasteiger partial charge in [0, 0.05) is 13.2 Å². The van der Waals surface area contributed by atoms with Gasteiger partial charge in [-0.3, -0.25) is 0 Å². The third-order valence-electron chi connectivity index (χ3n) is 2.00. The Hall–Kier alpha value is -0.160. The predicted molar refractivity (Wildman–Crippen MR) is 44.9 cm³/mol. The molecule has 0 aromatic carbocycles. The molecule has 1 atom stereocenters. The fourth-order valence-electron chi connectivity index (χ4n) is 1.06. The molecule has 1 rings (SSSR count). The van der Waals surface area contributed by atoms with E-state index in [4.69, 9.17) is 9.84 Å². The molecule has 1 heterocycles. The predicted octanol–water partition coefficient (Wildman–Crippen LogP) is -1.03. The maximum absolute atomic E-state index is 9.55. The summed E-state index contributed by atoms with van der Waals surface area (Å²) in [5.41, 5.74) is -0.658. The van der Waals surface area contributed by atoms with E-state index in [-0.39, 0.29) is 12.5 Å². The van der Waals surface area contributed by atoms with Gasteiger partial charge < -0.3 is 20.3 Å². The quantitative estimate of drug-likeness (QED) is 0.500. The first-order chi connectivity index (χ1) is 5.66. The molecule has 4 nitrogen and oxygen atoms in total. The van der Waals surface area contributed by atoms with Crippen LogP contribution in [0.15, 0.2) is 0 Å². The van der Waals surface area contributed by atoms with Crippen molar-refractivity contribution in [3.8, 4) is 0 Å². The van der Waals surface area contributed by atoms with Crippen LogP contribution in [0.25, 0.3) is 0 Å². The Labute approximate surface area is 72.5 Å². The second-order valence-electron chi connectivity index (χ2n) is 3.64. The van der Waals surface area contributed by atoms with E-state index in [9.17, 15) is 5.11 Å². The lowest BCUT2D eigenvalue weighted by molar-refractivity contribution is -0.174. The van der Waals surface area contributed by atoms with Gasteiger partial charge >= 0.3 is 0 Å². The van der Waals surface area contributed by atoms with Crippen LogP contribution in [0.2, 0.25) is 0 Å². The maximum atomic E-state index is 9.55. The zero-order valence-corrected chi connectivity index (χ0v) is 7.42. The van der Waals surface area contributed by atoms with Crippen LogP contribution in [-0.4, -0.2) is 48.7 Å². The van der Waals surface area contributed by atoms with E-state index in [0.29, 0.717) is 19.8 Å². The minimum Gasteiger partial charge on any atom is -0.396 e. The highest BCUT2D eigenvalue weighted by Gasteiger charge is 2.35. The van der Waals surface area contributed by atoms with Gasteiger partial charge in [0.1, 0.15) is 5.60 Å². The van der Waals surface area contributed by atoms with Gasteiger partial charge in [0.05, 0.1) is 13.2 Å². The van der Waals surface area contributed by atoms with Gasteiger partial charge in [-0.25, -0.2) is 0 Å². The number of nitrogens with one attached hydrogen (secondary N) is 1. The smallest absolute Gasteiger partial charge is 0.123 e. The molecule has 0 aliphatic carbocycles. The number of hydrogen-bond donors (Lipinski definition) is 3. The molecule has 4 heteroatoms. The molecule has 0 bridgehead atoms. The summed E-state index contributed by atoms with van der Waals surface area (Å²) in [4.78, 5) is 0. The van der Waals surface area contributed by atoms with Crippen molar-refractivity contribution >= 4 is 0 Å². The summed E-state index contributed by atoms with van der Waals surface area (Å²) in [7, 11) is 0. The lowest BCUT2D eigenvalue weighted by Gasteiger charge is -2.36. The van der Waals surface area contributed by atoms with Crippen LogP contribution in [0.3, 0.4) is 0 Å². The number of ether oxygens (including phenoxy) is 1. The molecule has 0 aromatic heterocycles. The van der Waals surface area contributed by atoms with E-state index < -0.39 is 5.60 Å². The van der Waals surface area contributed by atoms with Crippen molar-refractivity contribution in [2.45, 2.75) is 12.5 Å². The van der Waals surface area contributed by atoms with E-state index in [0.717, 1.165) is 6.54 Å². The Kier molecular flexibility index (Phi) is 3.46. The molecular weight excluding hydrogens is 158 g/mol. The van der Waals surface area contributed by atoms with E-state index in [1.165, 1.54) is 0 Å². The molecule has 1 unspecified atom stereocenters. The van der Waals surface area contributed by atoms with Crippen molar-refractivity contribution in [2.24, 2.45) is 5.92 Å². The normalized spacial score (nSPS) is 23.2. The minimum absolute atomic E-state index is 0.182. The fraction of sp³-hybridized carbons (Fsp3) is 1.00. The van der Waals surface area contributed by atoms with Crippen molar-refractivity contribution in [3.05, 3.63) is 0 Å². The summed E-state index contributed by atoms with van der Waals surface area (Å²) >= 11 is 0. The van der Waals surface area contributed by atoms with Gasteiger partial charge in [0.15, 0.2) is 0 Å². The SMILES string of the molecule is CC(CO)CNCC1(O)COC1. The number of aliphatic hydroxyl groups is 2. The molecule has 12 heavy (non-hydrogen) atoms. The van der Waals surface area contributed by atoms with E-state index in [1.807, 2.05) is 6.92 Å². The monoisotopic (exact) mass is 175 g/mol. The van der Waals surface area contributed by atoms with Crippen molar-refractivity contribution in [1.82, 2.24) is 5.32 Å². The fourth-order valence-corrected chi connectivity index (χ4v) is 1.06. The van der Waals surface area contributed by atoms with Crippen molar-refractivity contribution in [1.29, 1.82) is 0 Å². The van der Waals surface area contributed by atoms with E-state index in [2.05, 4.69) is 5.32 Å². The average molecular weight is 175 g/mol.